The summed E-state index contributed by atoms with van der Waals surface area (Å²) in [5.74, 6) is 0. The van der Waals surface area contributed by atoms with Gasteiger partial charge in [-0.25, -0.2) is 28.5 Å². The lowest BCUT2D eigenvalue weighted by atomic mass is 9.97. The molecule has 25 heavy (non-hydrogen) atoms. The Morgan fingerprint density at radius 3 is 2.32 bits per heavy atom. The summed E-state index contributed by atoms with van der Waals surface area (Å²) in [5, 5.41) is 5.16. The molecule has 0 aliphatic rings. The van der Waals surface area contributed by atoms with Gasteiger partial charge in [0.15, 0.2) is 5.65 Å². The maximum Gasteiger partial charge on any atom is 0.238 e. The van der Waals surface area contributed by atoms with Gasteiger partial charge < -0.3 is 4.98 Å². The van der Waals surface area contributed by atoms with E-state index in [9.17, 15) is 8.42 Å². The van der Waals surface area contributed by atoms with Crippen molar-refractivity contribution in [1.82, 2.24) is 19.9 Å². The third-order valence-corrected chi connectivity index (χ3v) is 4.82. The van der Waals surface area contributed by atoms with E-state index < -0.39 is 10.0 Å². The molecule has 0 fully saturated rings. The fraction of sp³-hybridized carbons (Fsp3) is 0. The summed E-state index contributed by atoms with van der Waals surface area (Å²) in [7, 11) is -3.72. The molecule has 8 heteroatoms. The van der Waals surface area contributed by atoms with Crippen LogP contribution < -0.4 is 5.14 Å². The lowest BCUT2D eigenvalue weighted by molar-refractivity contribution is 0.598. The Labute approximate surface area is 143 Å². The summed E-state index contributed by atoms with van der Waals surface area (Å²) in [6.07, 6.45) is 3.06. The number of hydrogen-bond donors (Lipinski definition) is 2. The molecule has 0 aliphatic carbocycles. The number of hydrogen-bond acceptors (Lipinski definition) is 5. The van der Waals surface area contributed by atoms with E-state index in [2.05, 4.69) is 19.9 Å². The van der Waals surface area contributed by atoms with Crippen molar-refractivity contribution >= 4 is 21.2 Å². The molecular weight excluding hydrogens is 338 g/mol. The number of fused-ring (bicyclic) bond motifs is 1. The van der Waals surface area contributed by atoms with Crippen molar-refractivity contribution in [2.75, 3.05) is 0 Å². The molecule has 124 valence electrons. The van der Waals surface area contributed by atoms with E-state index in [1.54, 1.807) is 18.5 Å². The van der Waals surface area contributed by atoms with Crippen LogP contribution in [0.2, 0.25) is 0 Å². The maximum atomic E-state index is 11.4. The second kappa shape index (κ2) is 5.76. The van der Waals surface area contributed by atoms with Crippen LogP contribution in [0.4, 0.5) is 0 Å². The lowest BCUT2D eigenvalue weighted by Gasteiger charge is -2.10. The molecule has 4 rings (SSSR count). The predicted octanol–water partition coefficient (Wildman–Crippen LogP) is 2.33. The highest BCUT2D eigenvalue weighted by molar-refractivity contribution is 7.89. The van der Waals surface area contributed by atoms with E-state index in [4.69, 9.17) is 5.14 Å². The van der Waals surface area contributed by atoms with Crippen molar-refractivity contribution in [3.8, 4) is 22.4 Å². The molecule has 0 bridgehead atoms. The van der Waals surface area contributed by atoms with Crippen molar-refractivity contribution in [3.63, 3.8) is 0 Å². The minimum Gasteiger partial charge on any atom is -0.329 e. The maximum absolute atomic E-state index is 11.4. The first-order valence-electron chi connectivity index (χ1n) is 7.41. The number of imidazole rings is 1. The average molecular weight is 351 g/mol. The van der Waals surface area contributed by atoms with Crippen molar-refractivity contribution in [2.24, 2.45) is 5.14 Å². The van der Waals surface area contributed by atoms with Crippen LogP contribution in [0.1, 0.15) is 0 Å². The summed E-state index contributed by atoms with van der Waals surface area (Å²) < 4.78 is 22.9. The van der Waals surface area contributed by atoms with E-state index in [1.165, 1.54) is 18.5 Å². The van der Waals surface area contributed by atoms with Crippen molar-refractivity contribution in [3.05, 3.63) is 61.2 Å². The van der Waals surface area contributed by atoms with Gasteiger partial charge in [0.25, 0.3) is 0 Å². The highest BCUT2D eigenvalue weighted by Gasteiger charge is 2.14. The second-order valence-corrected chi connectivity index (χ2v) is 7.00. The topological polar surface area (TPSA) is 115 Å². The van der Waals surface area contributed by atoms with Gasteiger partial charge in [-0.1, -0.05) is 36.4 Å². The van der Waals surface area contributed by atoms with Crippen LogP contribution in [0.5, 0.6) is 0 Å². The fourth-order valence-corrected chi connectivity index (χ4v) is 3.24. The normalized spacial score (nSPS) is 11.7. The van der Waals surface area contributed by atoms with Gasteiger partial charge in [-0.05, 0) is 23.3 Å². The Morgan fingerprint density at radius 1 is 0.880 bits per heavy atom. The molecular formula is C17H13N5O2S. The number of nitrogens with two attached hydrogens (primary N) is 1. The minimum atomic E-state index is -3.72. The molecule has 0 amide bonds. The quantitative estimate of drug-likeness (QED) is 0.588. The smallest absolute Gasteiger partial charge is 0.238 e. The Kier molecular flexibility index (Phi) is 3.56. The molecule has 2 heterocycles. The van der Waals surface area contributed by atoms with E-state index in [-0.39, 0.29) is 4.90 Å². The summed E-state index contributed by atoms with van der Waals surface area (Å²) >= 11 is 0. The molecule has 0 aliphatic heterocycles. The van der Waals surface area contributed by atoms with Gasteiger partial charge in [-0.3, -0.25) is 0 Å². The van der Waals surface area contributed by atoms with E-state index >= 15 is 0 Å². The first-order chi connectivity index (χ1) is 12.0. The number of aromatic amines is 1. The third-order valence-electron chi connectivity index (χ3n) is 3.89. The van der Waals surface area contributed by atoms with E-state index in [0.29, 0.717) is 16.9 Å². The lowest BCUT2D eigenvalue weighted by Crippen LogP contribution is -2.11. The summed E-state index contributed by atoms with van der Waals surface area (Å²) in [5.41, 5.74) is 4.68. The molecule has 0 unspecified atom stereocenters. The van der Waals surface area contributed by atoms with Gasteiger partial charge in [-0.2, -0.15) is 0 Å². The van der Waals surface area contributed by atoms with Gasteiger partial charge in [0.1, 0.15) is 17.5 Å². The van der Waals surface area contributed by atoms with Crippen LogP contribution in [-0.4, -0.2) is 28.4 Å². The van der Waals surface area contributed by atoms with E-state index in [0.717, 1.165) is 16.7 Å². The van der Waals surface area contributed by atoms with Gasteiger partial charge in [-0.15, -0.1) is 0 Å². The average Bonchev–Trinajstić information content (AvgIpc) is 3.10. The predicted molar refractivity (Wildman–Crippen MR) is 93.9 cm³/mol. The van der Waals surface area contributed by atoms with Crippen LogP contribution >= 0.6 is 0 Å². The minimum absolute atomic E-state index is 0.0745. The summed E-state index contributed by atoms with van der Waals surface area (Å²) in [6.45, 7) is 0. The zero-order valence-electron chi connectivity index (χ0n) is 12.9. The molecule has 2 aromatic heterocycles. The zero-order valence-corrected chi connectivity index (χ0v) is 13.7. The highest BCUT2D eigenvalue weighted by atomic mass is 32.2. The Morgan fingerprint density at radius 2 is 1.60 bits per heavy atom. The molecule has 0 atom stereocenters. The van der Waals surface area contributed by atoms with Crippen LogP contribution in [0, 0.1) is 0 Å². The van der Waals surface area contributed by atoms with Crippen LogP contribution in [0.15, 0.2) is 66.1 Å². The van der Waals surface area contributed by atoms with Crippen molar-refractivity contribution < 1.29 is 8.42 Å². The number of aromatic nitrogens is 4. The highest BCUT2D eigenvalue weighted by Crippen LogP contribution is 2.33. The molecule has 4 aromatic rings. The Balaban J connectivity index is 1.89. The van der Waals surface area contributed by atoms with Crippen LogP contribution in [0.25, 0.3) is 33.5 Å². The SMILES string of the molecule is NS(=O)(=O)c1ccc(-c2ccccc2-c2ncnc3[nH]cnc23)cc1. The van der Waals surface area contributed by atoms with Crippen molar-refractivity contribution in [2.45, 2.75) is 4.90 Å². The third kappa shape index (κ3) is 2.77. The first kappa shape index (κ1) is 15.4. The number of rotatable bonds is 3. The molecule has 3 N–H and O–H groups in total. The summed E-state index contributed by atoms with van der Waals surface area (Å²) in [4.78, 5) is 15.9. The number of primary sulfonamides is 1. The monoisotopic (exact) mass is 351 g/mol. The molecule has 0 spiro atoms. The van der Waals surface area contributed by atoms with Gasteiger partial charge in [0, 0.05) is 5.56 Å². The van der Waals surface area contributed by atoms with Crippen LogP contribution in [0.3, 0.4) is 0 Å². The van der Waals surface area contributed by atoms with Gasteiger partial charge in [0.2, 0.25) is 10.0 Å². The number of sulfonamides is 1. The van der Waals surface area contributed by atoms with E-state index in [1.807, 2.05) is 24.3 Å². The molecule has 0 saturated heterocycles. The number of H-pyrrole nitrogens is 1. The first-order valence-corrected chi connectivity index (χ1v) is 8.95. The van der Waals surface area contributed by atoms with Gasteiger partial charge >= 0.3 is 0 Å². The standard InChI is InChI=1S/C17H13N5O2S/c18-25(23,24)12-7-5-11(6-8-12)13-3-1-2-4-14(13)15-16-17(21-9-19-15)22-10-20-16/h1-10H,(H2,18,23,24)(H,19,20,21,22). The number of nitrogens with zero attached hydrogens (tertiary/aromatic N) is 3. The molecule has 0 radical (unpaired) electrons. The summed E-state index contributed by atoms with van der Waals surface area (Å²) in [6, 6.07) is 14.1. The fourth-order valence-electron chi connectivity index (χ4n) is 2.73. The molecule has 0 saturated carbocycles. The number of benzene rings is 2. The molecule has 2 aromatic carbocycles. The van der Waals surface area contributed by atoms with Gasteiger partial charge in [0.05, 0.1) is 11.2 Å². The largest absolute Gasteiger partial charge is 0.329 e. The Bertz CT molecular complexity index is 1170. The zero-order chi connectivity index (χ0) is 17.4. The van der Waals surface area contributed by atoms with Crippen LogP contribution in [-0.2, 0) is 10.0 Å². The Hall–Kier alpha value is -3.10. The number of nitrogens with one attached hydrogen (secondary N) is 1. The second-order valence-electron chi connectivity index (χ2n) is 5.44. The van der Waals surface area contributed by atoms with Crippen molar-refractivity contribution in [1.29, 1.82) is 0 Å². The molecule has 7 nitrogen and oxygen atoms in total.